The summed E-state index contributed by atoms with van der Waals surface area (Å²) in [6.07, 6.45) is 0.519. The van der Waals surface area contributed by atoms with E-state index in [9.17, 15) is 4.79 Å². The summed E-state index contributed by atoms with van der Waals surface area (Å²) in [6.45, 7) is 1.95. The zero-order chi connectivity index (χ0) is 16.2. The molecule has 3 heterocycles. The first-order valence-corrected chi connectivity index (χ1v) is 8.54. The number of hydrogen-bond acceptors (Lipinski definition) is 9. The lowest BCUT2D eigenvalue weighted by Crippen LogP contribution is -1.98. The summed E-state index contributed by atoms with van der Waals surface area (Å²) in [4.78, 5) is 15.7. The van der Waals surface area contributed by atoms with Crippen LogP contribution in [0.25, 0.3) is 0 Å². The number of carbonyl (C=O) groups is 1. The third-order valence-electron chi connectivity index (χ3n) is 2.83. The first-order chi connectivity index (χ1) is 11.1. The summed E-state index contributed by atoms with van der Waals surface area (Å²) < 4.78 is 15.5. The van der Waals surface area contributed by atoms with Crippen LogP contribution < -0.4 is 0 Å². The summed E-state index contributed by atoms with van der Waals surface area (Å²) in [5.74, 6) is 1.31. The molecule has 0 saturated heterocycles. The second-order valence-electron chi connectivity index (χ2n) is 4.54. The number of nitrogens with zero attached hydrogens (tertiary/aromatic N) is 3. The van der Waals surface area contributed by atoms with Crippen molar-refractivity contribution in [2.75, 3.05) is 7.11 Å². The van der Waals surface area contributed by atoms with Crippen LogP contribution in [0.3, 0.4) is 0 Å². The molecule has 0 aromatic carbocycles. The van der Waals surface area contributed by atoms with Crippen molar-refractivity contribution < 1.29 is 18.4 Å². The molecule has 0 N–H and O–H groups in total. The van der Waals surface area contributed by atoms with Crippen LogP contribution in [0.1, 0.15) is 32.9 Å². The van der Waals surface area contributed by atoms with E-state index < -0.39 is 5.97 Å². The lowest BCUT2D eigenvalue weighted by Gasteiger charge is -1.94. The summed E-state index contributed by atoms with van der Waals surface area (Å²) in [5, 5.41) is 11.4. The van der Waals surface area contributed by atoms with E-state index in [1.807, 2.05) is 12.3 Å². The van der Waals surface area contributed by atoms with Gasteiger partial charge in [-0.25, -0.2) is 9.78 Å². The molecule has 0 fully saturated rings. The van der Waals surface area contributed by atoms with Gasteiger partial charge in [0.25, 0.3) is 5.22 Å². The van der Waals surface area contributed by atoms with Crippen LogP contribution in [0.15, 0.2) is 31.6 Å². The molecule has 3 aromatic rings. The lowest BCUT2D eigenvalue weighted by molar-refractivity contribution is 0.0563. The van der Waals surface area contributed by atoms with Gasteiger partial charge in [-0.1, -0.05) is 11.8 Å². The standard InChI is InChI=1S/C14H13N3O4S2/c1-8-15-9(6-22-8)5-12-16-17-14(21-12)23-7-10-3-4-11(20-10)13(18)19-2/h3-4,6H,5,7H2,1-2H3. The molecule has 0 atom stereocenters. The van der Waals surface area contributed by atoms with Crippen molar-refractivity contribution in [1.29, 1.82) is 0 Å². The Balaban J connectivity index is 1.56. The summed E-state index contributed by atoms with van der Waals surface area (Å²) >= 11 is 2.93. The Morgan fingerprint density at radius 1 is 1.35 bits per heavy atom. The monoisotopic (exact) mass is 351 g/mol. The van der Waals surface area contributed by atoms with Crippen molar-refractivity contribution in [1.82, 2.24) is 15.2 Å². The molecule has 0 saturated carbocycles. The molecule has 0 amide bonds. The maximum atomic E-state index is 11.3. The largest absolute Gasteiger partial charge is 0.463 e. The van der Waals surface area contributed by atoms with Gasteiger partial charge in [-0.15, -0.1) is 21.5 Å². The molecule has 0 aliphatic carbocycles. The Morgan fingerprint density at radius 2 is 2.22 bits per heavy atom. The molecular formula is C14H13N3O4S2. The number of esters is 1. The summed E-state index contributed by atoms with van der Waals surface area (Å²) in [7, 11) is 1.31. The SMILES string of the molecule is COC(=O)c1ccc(CSc2nnc(Cc3csc(C)n3)o2)o1. The van der Waals surface area contributed by atoms with E-state index in [1.54, 1.807) is 23.5 Å². The smallest absolute Gasteiger partial charge is 0.373 e. The Morgan fingerprint density at radius 3 is 2.96 bits per heavy atom. The van der Waals surface area contributed by atoms with Gasteiger partial charge in [-0.3, -0.25) is 0 Å². The third kappa shape index (κ3) is 3.99. The average Bonchev–Trinajstić information content (AvgIpc) is 3.26. The second kappa shape index (κ2) is 6.97. The minimum Gasteiger partial charge on any atom is -0.463 e. The van der Waals surface area contributed by atoms with E-state index in [0.29, 0.717) is 29.0 Å². The van der Waals surface area contributed by atoms with E-state index in [2.05, 4.69) is 19.9 Å². The van der Waals surface area contributed by atoms with E-state index in [0.717, 1.165) is 10.7 Å². The zero-order valence-corrected chi connectivity index (χ0v) is 14.1. The van der Waals surface area contributed by atoms with Crippen LogP contribution in [0, 0.1) is 6.92 Å². The molecule has 0 aliphatic rings. The van der Waals surface area contributed by atoms with Crippen LogP contribution in [-0.2, 0) is 16.9 Å². The third-order valence-corrected chi connectivity index (χ3v) is 4.50. The van der Waals surface area contributed by atoms with Crippen LogP contribution in [0.4, 0.5) is 0 Å². The molecule has 0 bridgehead atoms. The van der Waals surface area contributed by atoms with Crippen LogP contribution in [0.5, 0.6) is 0 Å². The molecule has 23 heavy (non-hydrogen) atoms. The van der Waals surface area contributed by atoms with Crippen LogP contribution in [-0.4, -0.2) is 28.3 Å². The molecule has 120 valence electrons. The molecule has 3 rings (SSSR count). The van der Waals surface area contributed by atoms with Gasteiger partial charge in [0, 0.05) is 5.38 Å². The van der Waals surface area contributed by atoms with Crippen molar-refractivity contribution in [2.24, 2.45) is 0 Å². The maximum Gasteiger partial charge on any atom is 0.373 e. The van der Waals surface area contributed by atoms with E-state index in [1.165, 1.54) is 18.9 Å². The number of carbonyl (C=O) groups excluding carboxylic acids is 1. The Bertz CT molecular complexity index is 808. The van der Waals surface area contributed by atoms with Crippen molar-refractivity contribution in [3.63, 3.8) is 0 Å². The highest BCUT2D eigenvalue weighted by atomic mass is 32.2. The van der Waals surface area contributed by atoms with Gasteiger partial charge in [0.15, 0.2) is 0 Å². The summed E-state index contributed by atoms with van der Waals surface area (Å²) in [5.41, 5.74) is 0.918. The minimum absolute atomic E-state index is 0.174. The maximum absolute atomic E-state index is 11.3. The first kappa shape index (κ1) is 15.8. The molecular weight excluding hydrogens is 338 g/mol. The molecule has 0 spiro atoms. The quantitative estimate of drug-likeness (QED) is 0.494. The number of thiazole rings is 1. The normalized spacial score (nSPS) is 10.9. The number of hydrogen-bond donors (Lipinski definition) is 0. The van der Waals surface area contributed by atoms with E-state index >= 15 is 0 Å². The number of thioether (sulfide) groups is 1. The number of ether oxygens (including phenoxy) is 1. The van der Waals surface area contributed by atoms with Gasteiger partial charge in [0.1, 0.15) is 5.76 Å². The average molecular weight is 351 g/mol. The zero-order valence-electron chi connectivity index (χ0n) is 12.4. The van der Waals surface area contributed by atoms with Crippen molar-refractivity contribution in [3.05, 3.63) is 45.6 Å². The molecule has 7 nitrogen and oxygen atoms in total. The highest BCUT2D eigenvalue weighted by Crippen LogP contribution is 2.23. The van der Waals surface area contributed by atoms with Crippen molar-refractivity contribution in [3.8, 4) is 0 Å². The number of rotatable bonds is 6. The Kier molecular flexibility index (Phi) is 4.77. The minimum atomic E-state index is -0.500. The van der Waals surface area contributed by atoms with E-state index in [-0.39, 0.29) is 5.76 Å². The second-order valence-corrected chi connectivity index (χ2v) is 6.53. The van der Waals surface area contributed by atoms with Gasteiger partial charge in [0.05, 0.1) is 30.0 Å². The van der Waals surface area contributed by atoms with Crippen molar-refractivity contribution >= 4 is 29.1 Å². The molecule has 0 aliphatic heterocycles. The van der Waals surface area contributed by atoms with Crippen molar-refractivity contribution in [2.45, 2.75) is 24.3 Å². The Labute approximate surface area is 140 Å². The fourth-order valence-electron chi connectivity index (χ4n) is 1.81. The van der Waals surface area contributed by atoms with Gasteiger partial charge in [0.2, 0.25) is 11.7 Å². The topological polar surface area (TPSA) is 91.2 Å². The van der Waals surface area contributed by atoms with Gasteiger partial charge in [-0.05, 0) is 19.1 Å². The molecule has 0 radical (unpaired) electrons. The fourth-order valence-corrected chi connectivity index (χ4v) is 3.10. The van der Waals surface area contributed by atoms with Crippen LogP contribution in [0.2, 0.25) is 0 Å². The predicted octanol–water partition coefficient (Wildman–Crippen LogP) is 3.10. The van der Waals surface area contributed by atoms with Crippen LogP contribution >= 0.6 is 23.1 Å². The van der Waals surface area contributed by atoms with Gasteiger partial charge < -0.3 is 13.6 Å². The van der Waals surface area contributed by atoms with E-state index in [4.69, 9.17) is 8.83 Å². The Hall–Kier alpha value is -2.13. The summed E-state index contributed by atoms with van der Waals surface area (Å²) in [6, 6.07) is 3.29. The predicted molar refractivity (Wildman–Crippen MR) is 83.6 cm³/mol. The molecule has 3 aromatic heterocycles. The number of furan rings is 1. The lowest BCUT2D eigenvalue weighted by atomic mass is 10.3. The first-order valence-electron chi connectivity index (χ1n) is 6.67. The highest BCUT2D eigenvalue weighted by Gasteiger charge is 2.13. The fraction of sp³-hybridized carbons (Fsp3) is 0.286. The highest BCUT2D eigenvalue weighted by molar-refractivity contribution is 7.98. The van der Waals surface area contributed by atoms with Gasteiger partial charge >= 0.3 is 5.97 Å². The van der Waals surface area contributed by atoms with Gasteiger partial charge in [-0.2, -0.15) is 0 Å². The number of aryl methyl sites for hydroxylation is 1. The molecule has 9 heteroatoms. The number of methoxy groups -OCH3 is 1. The number of aromatic nitrogens is 3. The molecule has 0 unspecified atom stereocenters.